The van der Waals surface area contributed by atoms with Crippen molar-refractivity contribution in [2.45, 2.75) is 25.4 Å². The van der Waals surface area contributed by atoms with Crippen LogP contribution in [0.15, 0.2) is 59.0 Å². The van der Waals surface area contributed by atoms with Crippen LogP contribution in [0, 0.1) is 0 Å². The molecule has 0 saturated heterocycles. The summed E-state index contributed by atoms with van der Waals surface area (Å²) in [5, 5.41) is 8.37. The van der Waals surface area contributed by atoms with Crippen molar-refractivity contribution in [2.75, 3.05) is 7.05 Å². The molecule has 1 atom stereocenters. The van der Waals surface area contributed by atoms with E-state index in [9.17, 15) is 0 Å². The second-order valence-corrected chi connectivity index (χ2v) is 6.04. The van der Waals surface area contributed by atoms with Gasteiger partial charge >= 0.3 is 0 Å². The van der Waals surface area contributed by atoms with E-state index in [-0.39, 0.29) is 0 Å². The first kappa shape index (κ1) is 14.2. The second-order valence-electron chi connectivity index (χ2n) is 6.04. The molecule has 1 aliphatic rings. The molecule has 0 amide bonds. The normalized spacial score (nSPS) is 16.7. The van der Waals surface area contributed by atoms with Crippen LogP contribution >= 0.6 is 0 Å². The van der Waals surface area contributed by atoms with Gasteiger partial charge in [0.1, 0.15) is 0 Å². The fourth-order valence-corrected chi connectivity index (χ4v) is 3.33. The highest BCUT2D eigenvalue weighted by atomic mass is 16.4. The van der Waals surface area contributed by atoms with Crippen molar-refractivity contribution in [3.63, 3.8) is 0 Å². The largest absolute Gasteiger partial charge is 0.419 e. The smallest absolute Gasteiger partial charge is 0.247 e. The molecule has 0 fully saturated rings. The molecule has 1 unspecified atom stereocenters. The molecule has 0 saturated carbocycles. The molecule has 0 spiro atoms. The fourth-order valence-electron chi connectivity index (χ4n) is 3.33. The average Bonchev–Trinajstić information content (AvgIpc) is 3.22. The van der Waals surface area contributed by atoms with Crippen LogP contribution in [0.25, 0.3) is 11.5 Å². The maximum atomic E-state index is 5.82. The summed E-state index contributed by atoms with van der Waals surface area (Å²) < 4.78 is 5.82. The molecule has 4 nitrogen and oxygen atoms in total. The molecule has 23 heavy (non-hydrogen) atoms. The standard InChI is InChI=1S/C19H19N3O/c1-22(17-12-11-14-7-5-6-10-16(14)17)13-18-20-21-19(23-18)15-8-3-2-4-9-15/h2-10,17H,11-13H2,1H3. The van der Waals surface area contributed by atoms with Crippen LogP contribution in [0.5, 0.6) is 0 Å². The topological polar surface area (TPSA) is 42.2 Å². The zero-order valence-corrected chi connectivity index (χ0v) is 13.1. The Balaban J connectivity index is 1.50. The number of aromatic nitrogens is 2. The quantitative estimate of drug-likeness (QED) is 0.734. The Kier molecular flexibility index (Phi) is 3.67. The second kappa shape index (κ2) is 5.97. The Bertz CT molecular complexity index is 797. The summed E-state index contributed by atoms with van der Waals surface area (Å²) >= 11 is 0. The number of aryl methyl sites for hydroxylation is 1. The van der Waals surface area contributed by atoms with Crippen molar-refractivity contribution in [3.05, 3.63) is 71.6 Å². The molecule has 3 aromatic rings. The molecule has 0 N–H and O–H groups in total. The van der Waals surface area contributed by atoms with Gasteiger partial charge in [-0.25, -0.2) is 0 Å². The number of hydrogen-bond acceptors (Lipinski definition) is 4. The zero-order chi connectivity index (χ0) is 15.6. The van der Waals surface area contributed by atoms with Crippen molar-refractivity contribution in [1.82, 2.24) is 15.1 Å². The Morgan fingerprint density at radius 3 is 2.70 bits per heavy atom. The highest BCUT2D eigenvalue weighted by Crippen LogP contribution is 2.35. The third-order valence-electron chi connectivity index (χ3n) is 4.51. The third kappa shape index (κ3) is 2.78. The van der Waals surface area contributed by atoms with Gasteiger partial charge < -0.3 is 4.42 Å². The third-order valence-corrected chi connectivity index (χ3v) is 4.51. The summed E-state index contributed by atoms with van der Waals surface area (Å²) in [5.41, 5.74) is 3.85. The molecule has 1 aromatic heterocycles. The molecule has 0 aliphatic heterocycles. The van der Waals surface area contributed by atoms with Gasteiger partial charge in [-0.05, 0) is 43.1 Å². The summed E-state index contributed by atoms with van der Waals surface area (Å²) in [6, 6.07) is 19.0. The Hall–Kier alpha value is -2.46. The van der Waals surface area contributed by atoms with E-state index in [1.54, 1.807) is 0 Å². The van der Waals surface area contributed by atoms with Crippen LogP contribution in [-0.4, -0.2) is 22.1 Å². The van der Waals surface area contributed by atoms with Crippen molar-refractivity contribution in [1.29, 1.82) is 0 Å². The summed E-state index contributed by atoms with van der Waals surface area (Å²) in [6.45, 7) is 0.666. The molecular formula is C19H19N3O. The number of fused-ring (bicyclic) bond motifs is 1. The van der Waals surface area contributed by atoms with Crippen LogP contribution in [0.3, 0.4) is 0 Å². The van der Waals surface area contributed by atoms with Crippen LogP contribution in [-0.2, 0) is 13.0 Å². The van der Waals surface area contributed by atoms with Gasteiger partial charge in [0, 0.05) is 11.6 Å². The summed E-state index contributed by atoms with van der Waals surface area (Å²) in [5.74, 6) is 1.25. The zero-order valence-electron chi connectivity index (χ0n) is 13.1. The molecular weight excluding hydrogens is 286 g/mol. The molecule has 2 aromatic carbocycles. The lowest BCUT2D eigenvalue weighted by Gasteiger charge is -2.23. The molecule has 1 aliphatic carbocycles. The van der Waals surface area contributed by atoms with E-state index < -0.39 is 0 Å². The molecule has 4 heteroatoms. The summed E-state index contributed by atoms with van der Waals surface area (Å²) in [4.78, 5) is 2.30. The van der Waals surface area contributed by atoms with Crippen LogP contribution in [0.4, 0.5) is 0 Å². The van der Waals surface area contributed by atoms with Gasteiger partial charge in [-0.1, -0.05) is 42.5 Å². The van der Waals surface area contributed by atoms with Crippen LogP contribution < -0.4 is 0 Å². The Labute approximate surface area is 135 Å². The van der Waals surface area contributed by atoms with Gasteiger partial charge in [0.15, 0.2) is 0 Å². The van der Waals surface area contributed by atoms with E-state index in [1.165, 1.54) is 11.1 Å². The van der Waals surface area contributed by atoms with Gasteiger partial charge in [0.05, 0.1) is 6.54 Å². The Morgan fingerprint density at radius 1 is 1.04 bits per heavy atom. The van der Waals surface area contributed by atoms with Gasteiger partial charge in [-0.15, -0.1) is 10.2 Å². The van der Waals surface area contributed by atoms with Crippen LogP contribution in [0.1, 0.15) is 29.5 Å². The van der Waals surface area contributed by atoms with E-state index in [2.05, 4.69) is 46.4 Å². The fraction of sp³-hybridized carbons (Fsp3) is 0.263. The molecule has 0 radical (unpaired) electrons. The monoisotopic (exact) mass is 305 g/mol. The number of rotatable bonds is 4. The van der Waals surface area contributed by atoms with Gasteiger partial charge in [0.25, 0.3) is 0 Å². The predicted molar refractivity (Wildman–Crippen MR) is 88.7 cm³/mol. The minimum absolute atomic E-state index is 0.429. The van der Waals surface area contributed by atoms with Crippen molar-refractivity contribution >= 4 is 0 Å². The van der Waals surface area contributed by atoms with E-state index in [1.807, 2.05) is 30.3 Å². The van der Waals surface area contributed by atoms with Gasteiger partial charge in [-0.3, -0.25) is 4.90 Å². The first-order chi connectivity index (χ1) is 11.3. The minimum atomic E-state index is 0.429. The first-order valence-corrected chi connectivity index (χ1v) is 7.97. The SMILES string of the molecule is CN(Cc1nnc(-c2ccccc2)o1)C1CCc2ccccc21. The number of nitrogens with zero attached hydrogens (tertiary/aromatic N) is 3. The van der Waals surface area contributed by atoms with Crippen molar-refractivity contribution in [2.24, 2.45) is 0 Å². The lowest BCUT2D eigenvalue weighted by molar-refractivity contribution is 0.214. The molecule has 1 heterocycles. The van der Waals surface area contributed by atoms with E-state index in [0.717, 1.165) is 18.4 Å². The minimum Gasteiger partial charge on any atom is -0.419 e. The van der Waals surface area contributed by atoms with E-state index >= 15 is 0 Å². The lowest BCUT2D eigenvalue weighted by atomic mass is 10.1. The van der Waals surface area contributed by atoms with E-state index in [4.69, 9.17) is 4.42 Å². The average molecular weight is 305 g/mol. The van der Waals surface area contributed by atoms with Crippen LogP contribution in [0.2, 0.25) is 0 Å². The van der Waals surface area contributed by atoms with E-state index in [0.29, 0.717) is 24.4 Å². The maximum Gasteiger partial charge on any atom is 0.247 e. The first-order valence-electron chi connectivity index (χ1n) is 7.97. The molecule has 116 valence electrons. The lowest BCUT2D eigenvalue weighted by Crippen LogP contribution is -2.22. The van der Waals surface area contributed by atoms with Gasteiger partial charge in [0.2, 0.25) is 11.8 Å². The molecule has 4 rings (SSSR count). The number of hydrogen-bond donors (Lipinski definition) is 0. The highest BCUT2D eigenvalue weighted by molar-refractivity contribution is 5.51. The highest BCUT2D eigenvalue weighted by Gasteiger charge is 2.26. The maximum absolute atomic E-state index is 5.82. The predicted octanol–water partition coefficient (Wildman–Crippen LogP) is 3.86. The summed E-state index contributed by atoms with van der Waals surface area (Å²) in [6.07, 6.45) is 2.29. The van der Waals surface area contributed by atoms with Crippen molar-refractivity contribution < 1.29 is 4.42 Å². The molecule has 0 bridgehead atoms. The van der Waals surface area contributed by atoms with Gasteiger partial charge in [-0.2, -0.15) is 0 Å². The summed E-state index contributed by atoms with van der Waals surface area (Å²) in [7, 11) is 2.12. The van der Waals surface area contributed by atoms with Crippen molar-refractivity contribution in [3.8, 4) is 11.5 Å². The number of benzene rings is 2. The Morgan fingerprint density at radius 2 is 1.83 bits per heavy atom.